The fourth-order valence-corrected chi connectivity index (χ4v) is 20.6. The van der Waals surface area contributed by atoms with Crippen LogP contribution in [0.15, 0.2) is 182 Å². The van der Waals surface area contributed by atoms with Crippen molar-refractivity contribution in [3.63, 3.8) is 0 Å². The molecule has 1 heterocycles. The second-order valence-electron chi connectivity index (χ2n) is 31.6. The molecule has 1 N–H and O–H groups in total. The number of carbonyl (C=O) groups excluding carboxylic acids is 1. The van der Waals surface area contributed by atoms with Gasteiger partial charge in [0, 0.05) is 250 Å². The molecule has 1 aliphatic heterocycles. The molecule has 4 aliphatic carbocycles. The number of ether oxygens (including phenoxy) is 3. The van der Waals surface area contributed by atoms with Crippen LogP contribution in [-0.4, -0.2) is 63.5 Å². The van der Waals surface area contributed by atoms with Crippen LogP contribution in [-0.2, 0) is 41.1 Å². The van der Waals surface area contributed by atoms with Crippen molar-refractivity contribution in [2.45, 2.75) is 56.0 Å². The molecule has 7 heteroatoms. The quantitative estimate of drug-likeness (QED) is 0.0502. The second-order valence-corrected chi connectivity index (χ2v) is 31.6. The van der Waals surface area contributed by atoms with Gasteiger partial charge in [-0.05, 0) is 302 Å². The summed E-state index contributed by atoms with van der Waals surface area (Å²) < 4.78 is 18.5. The van der Waals surface area contributed by atoms with Gasteiger partial charge in [-0.2, -0.15) is 0 Å². The highest BCUT2D eigenvalue weighted by Gasteiger charge is 2.78. The number of aldehydes is 1. The van der Waals surface area contributed by atoms with Crippen LogP contribution in [0.2, 0.25) is 0 Å². The molecule has 0 amide bonds. The number of para-hydroxylation sites is 1. The summed E-state index contributed by atoms with van der Waals surface area (Å²) in [6, 6.07) is 61.9. The van der Waals surface area contributed by atoms with Gasteiger partial charge in [0.05, 0.1) is 61.9 Å². The number of benzene rings is 12. The van der Waals surface area contributed by atoms with Gasteiger partial charge in [-0.25, -0.2) is 0 Å². The number of hydrogen-bond acceptors (Lipinski definition) is 6. The van der Waals surface area contributed by atoms with Gasteiger partial charge >= 0.3 is 5.97 Å². The van der Waals surface area contributed by atoms with E-state index in [0.29, 0.717) is 39.5 Å². The first kappa shape index (κ1) is 92.4. The molecule has 21 rings (SSSR count). The number of hydrogen-bond donors (Lipinski definition) is 1. The number of aliphatic carboxylic acids is 1. The normalized spacial score (nSPS) is 13.5. The molecule has 5 aliphatic rings. The number of carbonyl (C=O) groups is 2. The molecule has 16 aromatic carbocycles. The van der Waals surface area contributed by atoms with Gasteiger partial charge in [0.25, 0.3) is 0 Å². The highest BCUT2D eigenvalue weighted by molar-refractivity contribution is 6.64. The number of rotatable bonds is 14. The van der Waals surface area contributed by atoms with Gasteiger partial charge in [0.1, 0.15) is 6.29 Å². The third kappa shape index (κ3) is 17.2. The van der Waals surface area contributed by atoms with E-state index in [1.54, 1.807) is 42.9 Å². The summed E-state index contributed by atoms with van der Waals surface area (Å²) in [4.78, 5) is 23.0. The Hall–Kier alpha value is -22.0. The van der Waals surface area contributed by atoms with E-state index in [9.17, 15) is 9.90 Å². The predicted octanol–water partition coefficient (Wildman–Crippen LogP) is 16.0. The minimum Gasteiger partial charge on any atom is -0.481 e. The zero-order valence-corrected chi connectivity index (χ0v) is 77.3. The molecule has 144 heavy (non-hydrogen) atoms. The maximum atomic E-state index is 11.3. The lowest BCUT2D eigenvalue weighted by Gasteiger charge is -2.53. The van der Waals surface area contributed by atoms with E-state index < -0.39 is 22.7 Å². The average Bonchev–Trinajstić information content (AvgIpc) is 1.41. The Kier molecular flexibility index (Phi) is 28.2. The average molecular weight is 1810 g/mol. The van der Waals surface area contributed by atoms with Crippen LogP contribution < -0.4 is 15.3 Å². The third-order valence-electron chi connectivity index (χ3n) is 24.7. The fraction of sp³-hybridized carbons (Fsp3) is 0.109. The third-order valence-corrected chi connectivity index (χ3v) is 24.7. The largest absolute Gasteiger partial charge is 0.481 e. The van der Waals surface area contributed by atoms with E-state index in [1.807, 2.05) is 60.7 Å². The highest BCUT2D eigenvalue weighted by Crippen LogP contribution is 2.80. The first-order valence-corrected chi connectivity index (χ1v) is 44.9. The number of carboxylic acids is 1. The molecule has 648 valence electrons. The van der Waals surface area contributed by atoms with Crippen LogP contribution in [0, 0.1) is 343 Å². The standard InChI is InChI=1S/C60H35NO3.C60H6.C15H14O2.C2H4O/c1-62-22-23-63-24-25-64-26-39-59-37-20-21-38-36-19-17-34-32-15-13-30-29-12-14-31-33-16-18-35(37)46-44(33)49-42(31)40(29)48-41(30)43(32)50-45(34)47(36)57(55-53(50)51(48)52(49)54(55)56(46)59)60(38,59)58(27-8-4-2-5-9-27)61(39)28-10-6-3-7-11-28;1-3-5-7-9-11-13-15-17-19-21-23-25-27-29-31-33-35-37-39-41-43-45-47-49-51-53-55-57-59-60-58-56-54-52-50-48-46-44-42-40-38-36-34-32-30-28-26-24-22-20-18-16-14-12-10-8-6-4-2;16-15(17)14(13-9-5-2-6-10-13)11-12-7-3-1-4-8-12;1-2-3/h2-21,39,58H,22-26H2,1H3;1-2H3;1-10,14H,11H2,(H,16,17);2H,1H3. The topological polar surface area (TPSA) is 85.3 Å². The molecule has 0 bridgehead atoms. The van der Waals surface area contributed by atoms with Gasteiger partial charge in [-0.3, -0.25) is 4.79 Å². The lowest BCUT2D eigenvalue weighted by Crippen LogP contribution is -2.56. The first-order valence-electron chi connectivity index (χ1n) is 44.9. The number of anilines is 1. The molecule has 16 aromatic rings. The summed E-state index contributed by atoms with van der Waals surface area (Å²) in [5.41, 5.74) is 9.64. The number of methoxy groups -OCH3 is 1. The van der Waals surface area contributed by atoms with E-state index in [0.717, 1.165) is 17.4 Å². The Balaban J connectivity index is 0.000000160. The molecule has 5 atom stereocenters. The van der Waals surface area contributed by atoms with Gasteiger partial charge in [0.15, 0.2) is 0 Å². The van der Waals surface area contributed by atoms with E-state index in [1.165, 1.54) is 147 Å². The van der Waals surface area contributed by atoms with Crippen LogP contribution in [0.1, 0.15) is 60.5 Å². The highest BCUT2D eigenvalue weighted by atomic mass is 16.5. The molecule has 0 saturated carbocycles. The maximum Gasteiger partial charge on any atom is 0.311 e. The van der Waals surface area contributed by atoms with Crippen LogP contribution >= 0.6 is 0 Å². The summed E-state index contributed by atoms with van der Waals surface area (Å²) in [6.07, 6.45) is 6.46. The summed E-state index contributed by atoms with van der Waals surface area (Å²) in [5, 5.41) is 44.8. The van der Waals surface area contributed by atoms with E-state index in [4.69, 9.17) is 19.0 Å². The van der Waals surface area contributed by atoms with Crippen LogP contribution in [0.4, 0.5) is 5.69 Å². The summed E-state index contributed by atoms with van der Waals surface area (Å²) in [6.45, 7) is 7.56. The summed E-state index contributed by atoms with van der Waals surface area (Å²) in [5.74, 6) is 144. The lowest BCUT2D eigenvalue weighted by molar-refractivity contribution is -0.138. The van der Waals surface area contributed by atoms with Crippen molar-refractivity contribution in [3.05, 3.63) is 220 Å². The van der Waals surface area contributed by atoms with E-state index in [2.05, 4.69) is 470 Å². The molecule has 2 spiro atoms. The first-order chi connectivity index (χ1) is 71.4. The minimum absolute atomic E-state index is 0.0356. The number of fused-ring (bicyclic) bond motifs is 3. The molecule has 0 aromatic heterocycles. The van der Waals surface area contributed by atoms with Gasteiger partial charge < -0.3 is 29.0 Å². The molecule has 1 fully saturated rings. The molecule has 0 radical (unpaired) electrons. The van der Waals surface area contributed by atoms with Crippen LogP contribution in [0.3, 0.4) is 0 Å². The van der Waals surface area contributed by atoms with Gasteiger partial charge in [-0.1, -0.05) is 182 Å². The number of allylic oxidation sites excluding steroid dienone is 2. The maximum absolute atomic E-state index is 11.3. The second kappa shape index (κ2) is 44.0. The van der Waals surface area contributed by atoms with E-state index in [-0.39, 0.29) is 12.1 Å². The van der Waals surface area contributed by atoms with Crippen molar-refractivity contribution in [1.29, 1.82) is 0 Å². The Morgan fingerprint density at radius 3 is 0.910 bits per heavy atom. The Morgan fingerprint density at radius 1 is 0.319 bits per heavy atom. The van der Waals surface area contributed by atoms with Gasteiger partial charge in [0.2, 0.25) is 0 Å². The molecule has 1 saturated heterocycles. The van der Waals surface area contributed by atoms with Crippen molar-refractivity contribution < 1.29 is 28.9 Å². The smallest absolute Gasteiger partial charge is 0.311 e. The molecular formula is C137H59NO6. The monoisotopic (exact) mass is 1810 g/mol. The molecular weight excluding hydrogens is 1760 g/mol. The van der Waals surface area contributed by atoms with Crippen LogP contribution in [0.25, 0.3) is 130 Å². The van der Waals surface area contributed by atoms with E-state index >= 15 is 0 Å². The van der Waals surface area contributed by atoms with Crippen molar-refractivity contribution in [2.24, 2.45) is 0 Å². The fourth-order valence-electron chi connectivity index (χ4n) is 20.6. The van der Waals surface area contributed by atoms with Crippen molar-refractivity contribution in [1.82, 2.24) is 0 Å². The van der Waals surface area contributed by atoms with Crippen molar-refractivity contribution in [3.8, 4) is 343 Å². The zero-order valence-electron chi connectivity index (χ0n) is 77.3. The zero-order chi connectivity index (χ0) is 98.7. The van der Waals surface area contributed by atoms with Crippen molar-refractivity contribution >= 4 is 148 Å². The lowest BCUT2D eigenvalue weighted by atomic mass is 9.46. The number of carboxylic acid groups (broad SMARTS) is 1. The Bertz CT molecular complexity index is 10200. The summed E-state index contributed by atoms with van der Waals surface area (Å²) >= 11 is 0. The number of nitrogens with zero attached hydrogens (tertiary/aromatic N) is 1. The predicted molar refractivity (Wildman–Crippen MR) is 578 cm³/mol. The van der Waals surface area contributed by atoms with Crippen LogP contribution in [0.5, 0.6) is 0 Å². The SMILES string of the molecule is CC#CC#CC#CC#CC#CC#CC#CC#CC#CC#CC#CC#CC#CC#CC#CC#CC#CC#CC#CC#CC#CC#CC#CC#CC#CC#CC#CC#CC#CC.CC=O.COCCOCCOCC1N(c2ccccc2)C(c2ccccc2)C23C4=c5ccc6c7ccc8c9ccc%10c%11ccc%12c%13c(c%14c%15c2c5c6c2c7c8c5c9c%10c(c%13%11)c%14c5c%152)C13C=%12C=C4.O=C(O)C(Cc1ccccc1)c1ccccc1. The summed E-state index contributed by atoms with van der Waals surface area (Å²) in [7, 11) is 1.73. The minimum atomic E-state index is -0.778. The Morgan fingerprint density at radius 2 is 0.583 bits per heavy atom. The molecule has 7 nitrogen and oxygen atoms in total. The van der Waals surface area contributed by atoms with Crippen molar-refractivity contribution in [2.75, 3.05) is 45.0 Å². The van der Waals surface area contributed by atoms with Gasteiger partial charge in [-0.15, -0.1) is 0 Å². The molecule has 5 unspecified atom stereocenters. The Labute approximate surface area is 835 Å².